The average molecular weight is 354 g/mol. The van der Waals surface area contributed by atoms with Gasteiger partial charge in [-0.1, -0.05) is 11.6 Å². The van der Waals surface area contributed by atoms with Crippen LogP contribution in [0.1, 0.15) is 11.4 Å². The summed E-state index contributed by atoms with van der Waals surface area (Å²) >= 11 is 6.32. The van der Waals surface area contributed by atoms with Gasteiger partial charge in [0.25, 0.3) is 0 Å². The SMILES string of the molecule is COc1cc(-n2cccn2)ccc1-c1c(C)nn2c(Cl)cc(C)nc12. The average Bonchev–Trinajstić information content (AvgIpc) is 3.22. The van der Waals surface area contributed by atoms with E-state index in [1.807, 2.05) is 44.3 Å². The van der Waals surface area contributed by atoms with Crippen molar-refractivity contribution in [2.75, 3.05) is 7.11 Å². The molecular weight excluding hydrogens is 338 g/mol. The Kier molecular flexibility index (Phi) is 3.69. The maximum Gasteiger partial charge on any atom is 0.165 e. The van der Waals surface area contributed by atoms with Crippen LogP contribution in [0.15, 0.2) is 42.7 Å². The highest BCUT2D eigenvalue weighted by Crippen LogP contribution is 2.36. The molecule has 7 heteroatoms. The van der Waals surface area contributed by atoms with Crippen LogP contribution >= 0.6 is 11.6 Å². The van der Waals surface area contributed by atoms with Crippen molar-refractivity contribution in [1.82, 2.24) is 24.4 Å². The number of benzene rings is 1. The summed E-state index contributed by atoms with van der Waals surface area (Å²) in [7, 11) is 1.65. The molecule has 4 rings (SSSR count). The van der Waals surface area contributed by atoms with E-state index < -0.39 is 0 Å². The van der Waals surface area contributed by atoms with Crippen molar-refractivity contribution in [3.8, 4) is 22.6 Å². The van der Waals surface area contributed by atoms with Crippen LogP contribution in [-0.4, -0.2) is 31.5 Å². The molecule has 0 radical (unpaired) electrons. The number of halogens is 1. The van der Waals surface area contributed by atoms with Crippen molar-refractivity contribution < 1.29 is 4.74 Å². The van der Waals surface area contributed by atoms with Gasteiger partial charge in [-0.2, -0.15) is 10.2 Å². The molecule has 126 valence electrons. The Bertz CT molecular complexity index is 1070. The van der Waals surface area contributed by atoms with Crippen molar-refractivity contribution in [1.29, 1.82) is 0 Å². The topological polar surface area (TPSA) is 57.2 Å². The Hall–Kier alpha value is -2.86. The molecule has 0 atom stereocenters. The molecule has 3 aromatic heterocycles. The predicted molar refractivity (Wildman–Crippen MR) is 96.6 cm³/mol. The zero-order valence-electron chi connectivity index (χ0n) is 14.1. The Balaban J connectivity index is 1.96. The van der Waals surface area contributed by atoms with Crippen LogP contribution in [0, 0.1) is 13.8 Å². The van der Waals surface area contributed by atoms with E-state index in [-0.39, 0.29) is 0 Å². The molecule has 0 saturated carbocycles. The fourth-order valence-corrected chi connectivity index (χ4v) is 3.24. The number of nitrogens with zero attached hydrogens (tertiary/aromatic N) is 5. The van der Waals surface area contributed by atoms with Gasteiger partial charge in [0.15, 0.2) is 5.65 Å². The third kappa shape index (κ3) is 2.55. The fourth-order valence-electron chi connectivity index (χ4n) is 2.97. The molecule has 25 heavy (non-hydrogen) atoms. The number of aromatic nitrogens is 5. The van der Waals surface area contributed by atoms with Crippen molar-refractivity contribution >= 4 is 17.2 Å². The summed E-state index contributed by atoms with van der Waals surface area (Å²) in [6.45, 7) is 3.85. The molecular formula is C18H16ClN5O. The van der Waals surface area contributed by atoms with Crippen molar-refractivity contribution in [2.45, 2.75) is 13.8 Å². The first-order chi connectivity index (χ1) is 12.1. The summed E-state index contributed by atoms with van der Waals surface area (Å²) in [5, 5.41) is 9.32. The van der Waals surface area contributed by atoms with Gasteiger partial charge in [-0.3, -0.25) is 0 Å². The zero-order valence-corrected chi connectivity index (χ0v) is 14.8. The smallest absolute Gasteiger partial charge is 0.165 e. The number of methoxy groups -OCH3 is 1. The van der Waals surface area contributed by atoms with E-state index in [1.165, 1.54) is 0 Å². The summed E-state index contributed by atoms with van der Waals surface area (Å²) < 4.78 is 9.07. The van der Waals surface area contributed by atoms with E-state index in [2.05, 4.69) is 15.2 Å². The lowest BCUT2D eigenvalue weighted by molar-refractivity contribution is 0.416. The number of aryl methyl sites for hydroxylation is 2. The first-order valence-electron chi connectivity index (χ1n) is 7.79. The summed E-state index contributed by atoms with van der Waals surface area (Å²) in [6, 6.07) is 9.61. The van der Waals surface area contributed by atoms with Crippen molar-refractivity contribution in [2.24, 2.45) is 0 Å². The Morgan fingerprint density at radius 2 is 2.00 bits per heavy atom. The van der Waals surface area contributed by atoms with Gasteiger partial charge >= 0.3 is 0 Å². The second-order valence-corrected chi connectivity index (χ2v) is 6.14. The minimum absolute atomic E-state index is 0.531. The molecule has 0 bridgehead atoms. The number of rotatable bonds is 3. The first kappa shape index (κ1) is 15.7. The van der Waals surface area contributed by atoms with Gasteiger partial charge in [0.2, 0.25) is 0 Å². The molecule has 6 nitrogen and oxygen atoms in total. The van der Waals surface area contributed by atoms with Crippen LogP contribution in [-0.2, 0) is 0 Å². The van der Waals surface area contributed by atoms with Gasteiger partial charge in [0.05, 0.1) is 24.1 Å². The fraction of sp³-hybridized carbons (Fsp3) is 0.167. The Morgan fingerprint density at radius 1 is 1.16 bits per heavy atom. The van der Waals surface area contributed by atoms with E-state index in [1.54, 1.807) is 28.6 Å². The van der Waals surface area contributed by atoms with Crippen LogP contribution in [0.2, 0.25) is 5.15 Å². The number of hydrogen-bond acceptors (Lipinski definition) is 4. The third-order valence-corrected chi connectivity index (χ3v) is 4.34. The number of ether oxygens (including phenoxy) is 1. The minimum atomic E-state index is 0.531. The van der Waals surface area contributed by atoms with Gasteiger partial charge < -0.3 is 4.74 Å². The molecule has 0 N–H and O–H groups in total. The van der Waals surface area contributed by atoms with E-state index >= 15 is 0 Å². The zero-order chi connectivity index (χ0) is 17.6. The molecule has 0 unspecified atom stereocenters. The Labute approximate surface area is 149 Å². The predicted octanol–water partition coefficient (Wildman–Crippen LogP) is 3.86. The van der Waals surface area contributed by atoms with Crippen LogP contribution in [0.4, 0.5) is 0 Å². The molecule has 0 aliphatic carbocycles. The lowest BCUT2D eigenvalue weighted by Gasteiger charge is -2.11. The first-order valence-corrected chi connectivity index (χ1v) is 8.17. The number of fused-ring (bicyclic) bond motifs is 1. The van der Waals surface area contributed by atoms with E-state index in [4.69, 9.17) is 16.3 Å². The van der Waals surface area contributed by atoms with Crippen LogP contribution in [0.5, 0.6) is 5.75 Å². The molecule has 0 fully saturated rings. The van der Waals surface area contributed by atoms with Crippen LogP contribution in [0.3, 0.4) is 0 Å². The summed E-state index contributed by atoms with van der Waals surface area (Å²) in [5.74, 6) is 0.727. The van der Waals surface area contributed by atoms with Crippen molar-refractivity contribution in [3.63, 3.8) is 0 Å². The van der Waals surface area contributed by atoms with E-state index in [0.29, 0.717) is 10.8 Å². The third-order valence-electron chi connectivity index (χ3n) is 4.07. The van der Waals surface area contributed by atoms with Gasteiger partial charge in [0.1, 0.15) is 10.9 Å². The monoisotopic (exact) mass is 353 g/mol. The summed E-state index contributed by atoms with van der Waals surface area (Å²) in [6.07, 6.45) is 3.63. The molecule has 0 saturated heterocycles. The van der Waals surface area contributed by atoms with Crippen LogP contribution in [0.25, 0.3) is 22.5 Å². The highest BCUT2D eigenvalue weighted by atomic mass is 35.5. The number of hydrogen-bond donors (Lipinski definition) is 0. The van der Waals surface area contributed by atoms with E-state index in [0.717, 1.165) is 34.0 Å². The lowest BCUT2D eigenvalue weighted by atomic mass is 10.0. The molecule has 0 spiro atoms. The second-order valence-electron chi connectivity index (χ2n) is 5.75. The molecule has 4 aromatic rings. The molecule has 0 amide bonds. The van der Waals surface area contributed by atoms with Crippen molar-refractivity contribution in [3.05, 3.63) is 59.3 Å². The van der Waals surface area contributed by atoms with E-state index in [9.17, 15) is 0 Å². The highest BCUT2D eigenvalue weighted by Gasteiger charge is 2.19. The van der Waals surface area contributed by atoms with Gasteiger partial charge in [-0.05, 0) is 38.1 Å². The van der Waals surface area contributed by atoms with Gasteiger partial charge in [-0.15, -0.1) is 0 Å². The second kappa shape index (κ2) is 5.89. The highest BCUT2D eigenvalue weighted by molar-refractivity contribution is 6.29. The maximum atomic E-state index is 6.32. The van der Waals surface area contributed by atoms with Crippen LogP contribution < -0.4 is 4.74 Å². The largest absolute Gasteiger partial charge is 0.496 e. The maximum absolute atomic E-state index is 6.32. The molecule has 1 aromatic carbocycles. The molecule has 0 aliphatic rings. The Morgan fingerprint density at radius 3 is 2.72 bits per heavy atom. The molecule has 3 heterocycles. The summed E-state index contributed by atoms with van der Waals surface area (Å²) in [5.41, 5.74) is 5.14. The molecule has 0 aliphatic heterocycles. The quantitative estimate of drug-likeness (QED) is 0.525. The van der Waals surface area contributed by atoms with Gasteiger partial charge in [-0.25, -0.2) is 14.2 Å². The normalized spacial score (nSPS) is 11.2. The minimum Gasteiger partial charge on any atom is -0.496 e. The standard InChI is InChI=1S/C18H16ClN5O/c1-11-9-16(19)24-18(21-11)17(12(2)22-24)14-6-5-13(10-15(14)25-3)23-8-4-7-20-23/h4-10H,1-3H3. The summed E-state index contributed by atoms with van der Waals surface area (Å²) in [4.78, 5) is 4.62. The lowest BCUT2D eigenvalue weighted by Crippen LogP contribution is -1.97. The van der Waals surface area contributed by atoms with Gasteiger partial charge in [0, 0.05) is 29.7 Å².